The van der Waals surface area contributed by atoms with Crippen molar-refractivity contribution >= 4 is 23.4 Å². The lowest BCUT2D eigenvalue weighted by Gasteiger charge is -2.18. The van der Waals surface area contributed by atoms with Crippen LogP contribution in [0.2, 0.25) is 0 Å². The van der Waals surface area contributed by atoms with E-state index in [9.17, 15) is 0 Å². The smallest absolute Gasteiger partial charge is 0.188 e. The summed E-state index contributed by atoms with van der Waals surface area (Å²) in [6, 6.07) is 0. The molecule has 1 aromatic rings. The Kier molecular flexibility index (Phi) is 14.5. The number of hydrogen-bond donors (Lipinski definition) is 3. The van der Waals surface area contributed by atoms with Crippen LogP contribution in [0.4, 0.5) is 11.6 Å². The first-order valence-corrected chi connectivity index (χ1v) is 10.9. The van der Waals surface area contributed by atoms with Gasteiger partial charge in [-0.3, -0.25) is 0 Å². The Morgan fingerprint density at radius 2 is 1.66 bits per heavy atom. The van der Waals surface area contributed by atoms with Gasteiger partial charge in [-0.25, -0.2) is 0 Å². The van der Waals surface area contributed by atoms with E-state index in [1.54, 1.807) is 0 Å². The van der Waals surface area contributed by atoms with Gasteiger partial charge in [-0.05, 0) is 65.3 Å². The Bertz CT molecular complexity index is 725. The highest BCUT2D eigenvalue weighted by molar-refractivity contribution is 6.99. The van der Waals surface area contributed by atoms with E-state index in [4.69, 9.17) is 0 Å². The SMILES string of the molecule is C=C.CC.CC1=CC=C(CNc2nsnc2NC2=CCCC(C)=C2C)C1.CNC. The highest BCUT2D eigenvalue weighted by atomic mass is 32.1. The van der Waals surface area contributed by atoms with Gasteiger partial charge in [0.1, 0.15) is 0 Å². The molecule has 2 aliphatic rings. The molecule has 0 aromatic carbocycles. The summed E-state index contributed by atoms with van der Waals surface area (Å²) in [5.41, 5.74) is 6.73. The van der Waals surface area contributed by atoms with Crippen LogP contribution in [-0.4, -0.2) is 29.4 Å². The first-order chi connectivity index (χ1) is 14.0. The predicted octanol–water partition coefficient (Wildman–Crippen LogP) is 6.32. The largest absolute Gasteiger partial charge is 0.362 e. The number of nitrogens with one attached hydrogen (secondary N) is 3. The zero-order valence-electron chi connectivity index (χ0n) is 19.3. The van der Waals surface area contributed by atoms with Crippen LogP contribution >= 0.6 is 11.7 Å². The number of nitrogens with zero attached hydrogens (tertiary/aromatic N) is 2. The number of allylic oxidation sites excluding steroid dienone is 6. The average molecular weight is 418 g/mol. The fourth-order valence-corrected chi connectivity index (χ4v) is 3.20. The monoisotopic (exact) mass is 417 g/mol. The maximum Gasteiger partial charge on any atom is 0.188 e. The quantitative estimate of drug-likeness (QED) is 0.490. The molecule has 1 heterocycles. The maximum absolute atomic E-state index is 4.39. The lowest BCUT2D eigenvalue weighted by molar-refractivity contribution is 0.919. The first kappa shape index (κ1) is 26.8. The van der Waals surface area contributed by atoms with E-state index in [0.717, 1.165) is 43.1 Å². The van der Waals surface area contributed by atoms with Gasteiger partial charge < -0.3 is 16.0 Å². The summed E-state index contributed by atoms with van der Waals surface area (Å²) in [5, 5.41) is 9.59. The van der Waals surface area contributed by atoms with Crippen molar-refractivity contribution in [2.45, 2.75) is 53.9 Å². The first-order valence-electron chi connectivity index (χ1n) is 10.2. The molecule has 0 radical (unpaired) electrons. The predicted molar refractivity (Wildman–Crippen MR) is 132 cm³/mol. The van der Waals surface area contributed by atoms with E-state index < -0.39 is 0 Å². The van der Waals surface area contributed by atoms with Crippen LogP contribution in [0.5, 0.6) is 0 Å². The summed E-state index contributed by atoms with van der Waals surface area (Å²) in [5.74, 6) is 1.67. The zero-order chi connectivity index (χ0) is 22.2. The van der Waals surface area contributed by atoms with E-state index in [0.29, 0.717) is 0 Å². The molecule has 3 N–H and O–H groups in total. The summed E-state index contributed by atoms with van der Waals surface area (Å²) in [6.07, 6.45) is 9.91. The minimum absolute atomic E-state index is 0.820. The average Bonchev–Trinajstić information content (AvgIpc) is 3.36. The van der Waals surface area contributed by atoms with Gasteiger partial charge in [0.15, 0.2) is 11.6 Å². The molecule has 0 bridgehead atoms. The molecular weight excluding hydrogens is 378 g/mol. The van der Waals surface area contributed by atoms with Crippen LogP contribution in [-0.2, 0) is 0 Å². The number of aromatic nitrogens is 2. The van der Waals surface area contributed by atoms with Crippen molar-refractivity contribution < 1.29 is 0 Å². The summed E-state index contributed by atoms with van der Waals surface area (Å²) in [7, 11) is 3.75. The third kappa shape index (κ3) is 9.24. The Morgan fingerprint density at radius 3 is 2.24 bits per heavy atom. The van der Waals surface area contributed by atoms with Crippen molar-refractivity contribution in [2.24, 2.45) is 0 Å². The van der Waals surface area contributed by atoms with Gasteiger partial charge in [-0.15, -0.1) is 13.2 Å². The lowest BCUT2D eigenvalue weighted by Crippen LogP contribution is -2.10. The zero-order valence-corrected chi connectivity index (χ0v) is 20.1. The number of hydrogen-bond acceptors (Lipinski definition) is 6. The second kappa shape index (κ2) is 15.7. The number of rotatable bonds is 5. The summed E-state index contributed by atoms with van der Waals surface area (Å²) < 4.78 is 8.77. The van der Waals surface area contributed by atoms with E-state index in [2.05, 4.69) is 76.9 Å². The lowest BCUT2D eigenvalue weighted by atomic mass is 9.97. The van der Waals surface area contributed by atoms with Crippen LogP contribution in [0.15, 0.2) is 59.4 Å². The molecule has 1 aromatic heterocycles. The van der Waals surface area contributed by atoms with Crippen LogP contribution in [0.25, 0.3) is 0 Å². The van der Waals surface area contributed by atoms with Gasteiger partial charge in [-0.1, -0.05) is 43.2 Å². The highest BCUT2D eigenvalue weighted by Gasteiger charge is 2.14. The second-order valence-corrected chi connectivity index (χ2v) is 7.04. The third-order valence-electron chi connectivity index (χ3n) is 4.25. The van der Waals surface area contributed by atoms with Gasteiger partial charge in [0.2, 0.25) is 0 Å². The van der Waals surface area contributed by atoms with Crippen molar-refractivity contribution in [1.29, 1.82) is 0 Å². The molecule has 6 heteroatoms. The minimum Gasteiger partial charge on any atom is -0.362 e. The number of anilines is 2. The van der Waals surface area contributed by atoms with Gasteiger partial charge in [0.05, 0.1) is 11.7 Å². The fraction of sp³-hybridized carbons (Fsp3) is 0.478. The summed E-state index contributed by atoms with van der Waals surface area (Å²) in [4.78, 5) is 0. The van der Waals surface area contributed by atoms with Crippen molar-refractivity contribution in [1.82, 2.24) is 14.1 Å². The van der Waals surface area contributed by atoms with E-state index >= 15 is 0 Å². The molecule has 29 heavy (non-hydrogen) atoms. The maximum atomic E-state index is 4.39. The molecule has 3 rings (SSSR count). The van der Waals surface area contributed by atoms with Crippen molar-refractivity contribution in [3.05, 3.63) is 59.4 Å². The van der Waals surface area contributed by atoms with Crippen LogP contribution in [0.1, 0.15) is 53.9 Å². The molecule has 0 saturated carbocycles. The Morgan fingerprint density at radius 1 is 1.03 bits per heavy atom. The molecule has 0 fully saturated rings. The third-order valence-corrected chi connectivity index (χ3v) is 4.77. The topological polar surface area (TPSA) is 61.9 Å². The molecule has 0 spiro atoms. The Balaban J connectivity index is 0.00000100. The molecule has 0 amide bonds. The molecule has 0 atom stereocenters. The van der Waals surface area contributed by atoms with E-state index in [1.807, 2.05) is 27.9 Å². The van der Waals surface area contributed by atoms with E-state index in [1.165, 1.54) is 34.0 Å². The van der Waals surface area contributed by atoms with Crippen molar-refractivity contribution in [3.8, 4) is 0 Å². The van der Waals surface area contributed by atoms with Crippen molar-refractivity contribution in [2.75, 3.05) is 31.3 Å². The van der Waals surface area contributed by atoms with Gasteiger partial charge in [0.25, 0.3) is 0 Å². The Labute approximate surface area is 182 Å². The van der Waals surface area contributed by atoms with E-state index in [-0.39, 0.29) is 0 Å². The van der Waals surface area contributed by atoms with Gasteiger partial charge in [0, 0.05) is 12.2 Å². The standard InChI is InChI=1S/C17H22N4S.C2H7N.C2H6.C2H4/c1-11-7-8-14(9-11)10-18-16-17(21-22-20-16)19-15-6-4-5-12(2)13(15)3;1-3-2;2*1-2/h6-8H,4-5,9-10H2,1-3H3,(H,18,20)(H,19,21);3H,1-2H3;1-2H3;1-2H2. The van der Waals surface area contributed by atoms with Gasteiger partial charge in [-0.2, -0.15) is 8.75 Å². The molecule has 162 valence electrons. The molecule has 0 unspecified atom stereocenters. The van der Waals surface area contributed by atoms with Crippen LogP contribution in [0, 0.1) is 0 Å². The Hall–Kier alpha value is -2.18. The molecule has 0 saturated heterocycles. The summed E-state index contributed by atoms with van der Waals surface area (Å²) >= 11 is 1.24. The normalized spacial score (nSPS) is 14.7. The van der Waals surface area contributed by atoms with Crippen LogP contribution in [0.3, 0.4) is 0 Å². The van der Waals surface area contributed by atoms with Crippen LogP contribution < -0.4 is 16.0 Å². The molecule has 2 aliphatic carbocycles. The van der Waals surface area contributed by atoms with Crippen molar-refractivity contribution in [3.63, 3.8) is 0 Å². The fourth-order valence-electron chi connectivity index (χ4n) is 2.72. The minimum atomic E-state index is 0.820. The van der Waals surface area contributed by atoms with Gasteiger partial charge >= 0.3 is 0 Å². The summed E-state index contributed by atoms with van der Waals surface area (Å²) in [6.45, 7) is 17.3. The molecule has 0 aliphatic heterocycles. The highest BCUT2D eigenvalue weighted by Crippen LogP contribution is 2.28. The molecule has 5 nitrogen and oxygen atoms in total. The molecular formula is C23H39N5S. The second-order valence-electron chi connectivity index (χ2n) is 6.52.